The van der Waals surface area contributed by atoms with Gasteiger partial charge in [-0.25, -0.2) is 4.79 Å². The number of amides is 1. The minimum Gasteiger partial charge on any atom is -0.448 e. The molecule has 1 aliphatic carbocycles. The first kappa shape index (κ1) is 13.3. The van der Waals surface area contributed by atoms with Gasteiger partial charge in [-0.3, -0.25) is 0 Å². The molecule has 0 spiro atoms. The maximum absolute atomic E-state index is 10.8. The van der Waals surface area contributed by atoms with E-state index in [1.165, 1.54) is 13.5 Å². The first-order valence-corrected chi connectivity index (χ1v) is 5.93. The number of rotatable bonds is 4. The van der Waals surface area contributed by atoms with Gasteiger partial charge in [0.25, 0.3) is 0 Å². The van der Waals surface area contributed by atoms with Crippen LogP contribution < -0.4 is 11.1 Å². The van der Waals surface area contributed by atoms with Crippen molar-refractivity contribution in [3.8, 4) is 0 Å². The van der Waals surface area contributed by atoms with Crippen molar-refractivity contribution in [1.82, 2.24) is 5.32 Å². The summed E-state index contributed by atoms with van der Waals surface area (Å²) in [5.41, 5.74) is 5.80. The van der Waals surface area contributed by atoms with Crippen LogP contribution in [0.25, 0.3) is 0 Å². The van der Waals surface area contributed by atoms with Crippen molar-refractivity contribution in [3.05, 3.63) is 0 Å². The standard InChI is InChI=1S/C11H22N2O3/c1-13-11(15)16-7-9(12)10(14)8-5-3-2-4-6-8/h8-10,14H,2-7,12H2,1H3,(H,13,15). The highest BCUT2D eigenvalue weighted by Gasteiger charge is 2.27. The van der Waals surface area contributed by atoms with Crippen LogP contribution in [0.3, 0.4) is 0 Å². The number of carbonyl (C=O) groups is 1. The molecule has 0 bridgehead atoms. The highest BCUT2D eigenvalue weighted by atomic mass is 16.5. The van der Waals surface area contributed by atoms with E-state index >= 15 is 0 Å². The number of hydrogen-bond acceptors (Lipinski definition) is 4. The highest BCUT2D eigenvalue weighted by molar-refractivity contribution is 5.66. The van der Waals surface area contributed by atoms with E-state index in [-0.39, 0.29) is 12.5 Å². The number of nitrogens with one attached hydrogen (secondary N) is 1. The van der Waals surface area contributed by atoms with Crippen molar-refractivity contribution in [1.29, 1.82) is 0 Å². The second kappa shape index (κ2) is 6.70. The molecule has 4 N–H and O–H groups in total. The molecule has 0 aromatic rings. The average Bonchev–Trinajstić information content (AvgIpc) is 2.35. The fourth-order valence-electron chi connectivity index (χ4n) is 2.17. The van der Waals surface area contributed by atoms with Gasteiger partial charge in [-0.1, -0.05) is 19.3 Å². The van der Waals surface area contributed by atoms with Crippen LogP contribution in [0.4, 0.5) is 4.79 Å². The van der Waals surface area contributed by atoms with Gasteiger partial charge in [-0.05, 0) is 18.8 Å². The molecule has 5 heteroatoms. The highest BCUT2D eigenvalue weighted by Crippen LogP contribution is 2.27. The average molecular weight is 230 g/mol. The Bertz CT molecular complexity index is 217. The lowest BCUT2D eigenvalue weighted by atomic mass is 9.83. The Hall–Kier alpha value is -0.810. The van der Waals surface area contributed by atoms with Crippen LogP contribution >= 0.6 is 0 Å². The third-order valence-electron chi connectivity index (χ3n) is 3.18. The van der Waals surface area contributed by atoms with Gasteiger partial charge in [0.15, 0.2) is 0 Å². The molecule has 0 aliphatic heterocycles. The summed E-state index contributed by atoms with van der Waals surface area (Å²) in [5, 5.41) is 12.3. The normalized spacial score (nSPS) is 21.2. The number of nitrogens with two attached hydrogens (primary N) is 1. The molecule has 1 aliphatic rings. The van der Waals surface area contributed by atoms with Gasteiger partial charge in [0, 0.05) is 7.05 Å². The van der Waals surface area contributed by atoms with Gasteiger partial charge in [0.2, 0.25) is 0 Å². The van der Waals surface area contributed by atoms with Crippen molar-refractivity contribution in [2.75, 3.05) is 13.7 Å². The maximum Gasteiger partial charge on any atom is 0.406 e. The Morgan fingerprint density at radius 2 is 2.12 bits per heavy atom. The largest absolute Gasteiger partial charge is 0.448 e. The summed E-state index contributed by atoms with van der Waals surface area (Å²) in [6.45, 7) is 0.0668. The SMILES string of the molecule is CNC(=O)OCC(N)C(O)C1CCCCC1. The summed E-state index contributed by atoms with van der Waals surface area (Å²) in [5.74, 6) is 0.261. The van der Waals surface area contributed by atoms with Crippen LogP contribution in [0, 0.1) is 5.92 Å². The minimum absolute atomic E-state index is 0.0668. The molecule has 1 saturated carbocycles. The van der Waals surface area contributed by atoms with E-state index < -0.39 is 18.2 Å². The molecule has 1 fully saturated rings. The molecule has 16 heavy (non-hydrogen) atoms. The van der Waals surface area contributed by atoms with Gasteiger partial charge in [-0.2, -0.15) is 0 Å². The Kier molecular flexibility index (Phi) is 5.55. The third-order valence-corrected chi connectivity index (χ3v) is 3.18. The number of alkyl carbamates (subject to hydrolysis) is 1. The maximum atomic E-state index is 10.8. The number of carbonyl (C=O) groups excluding carboxylic acids is 1. The third kappa shape index (κ3) is 3.98. The van der Waals surface area contributed by atoms with E-state index in [0.717, 1.165) is 25.7 Å². The fraction of sp³-hybridized carbons (Fsp3) is 0.909. The molecular weight excluding hydrogens is 208 g/mol. The van der Waals surface area contributed by atoms with Crippen LogP contribution in [-0.2, 0) is 4.74 Å². The summed E-state index contributed by atoms with van der Waals surface area (Å²) < 4.78 is 4.83. The van der Waals surface area contributed by atoms with E-state index in [2.05, 4.69) is 5.32 Å². The smallest absolute Gasteiger partial charge is 0.406 e. The molecule has 0 aromatic heterocycles. The van der Waals surface area contributed by atoms with Crippen molar-refractivity contribution >= 4 is 6.09 Å². The van der Waals surface area contributed by atoms with Crippen molar-refractivity contribution < 1.29 is 14.6 Å². The Morgan fingerprint density at radius 3 is 2.69 bits per heavy atom. The number of aliphatic hydroxyl groups excluding tert-OH is 1. The van der Waals surface area contributed by atoms with E-state index in [1.54, 1.807) is 0 Å². The number of aliphatic hydroxyl groups is 1. The fourth-order valence-corrected chi connectivity index (χ4v) is 2.17. The zero-order valence-corrected chi connectivity index (χ0v) is 9.82. The first-order chi connectivity index (χ1) is 7.65. The molecule has 0 aromatic carbocycles. The Morgan fingerprint density at radius 1 is 1.50 bits per heavy atom. The van der Waals surface area contributed by atoms with Gasteiger partial charge in [0.05, 0.1) is 12.1 Å². The summed E-state index contributed by atoms with van der Waals surface area (Å²) in [6.07, 6.45) is 4.53. The van der Waals surface area contributed by atoms with E-state index in [0.29, 0.717) is 0 Å². The van der Waals surface area contributed by atoms with Crippen molar-refractivity contribution in [2.45, 2.75) is 44.2 Å². The molecule has 0 heterocycles. The predicted molar refractivity (Wildman–Crippen MR) is 61.0 cm³/mol. The Labute approximate surface area is 96.3 Å². The number of ether oxygens (including phenoxy) is 1. The zero-order chi connectivity index (χ0) is 12.0. The molecule has 0 radical (unpaired) electrons. The quantitative estimate of drug-likeness (QED) is 0.660. The van der Waals surface area contributed by atoms with Gasteiger partial charge >= 0.3 is 6.09 Å². The summed E-state index contributed by atoms with van der Waals surface area (Å²) in [4.78, 5) is 10.8. The molecule has 1 amide bonds. The van der Waals surface area contributed by atoms with Gasteiger partial charge in [0.1, 0.15) is 6.61 Å². The lowest BCUT2D eigenvalue weighted by Gasteiger charge is -2.30. The van der Waals surface area contributed by atoms with Gasteiger partial charge < -0.3 is 20.9 Å². The summed E-state index contributed by atoms with van der Waals surface area (Å²) in [7, 11) is 1.49. The molecule has 2 unspecified atom stereocenters. The van der Waals surface area contributed by atoms with E-state index in [4.69, 9.17) is 10.5 Å². The second-order valence-electron chi connectivity index (χ2n) is 4.40. The number of hydrogen-bond donors (Lipinski definition) is 3. The zero-order valence-electron chi connectivity index (χ0n) is 9.82. The lowest BCUT2D eigenvalue weighted by Crippen LogP contribution is -2.44. The van der Waals surface area contributed by atoms with Crippen LogP contribution in [-0.4, -0.2) is 37.0 Å². The van der Waals surface area contributed by atoms with Crippen LogP contribution in [0.2, 0.25) is 0 Å². The molecule has 0 saturated heterocycles. The molecular formula is C11H22N2O3. The summed E-state index contributed by atoms with van der Waals surface area (Å²) in [6, 6.07) is -0.486. The van der Waals surface area contributed by atoms with Crippen LogP contribution in [0.1, 0.15) is 32.1 Å². The lowest BCUT2D eigenvalue weighted by molar-refractivity contribution is 0.0367. The molecule has 5 nitrogen and oxygen atoms in total. The molecule has 2 atom stereocenters. The van der Waals surface area contributed by atoms with E-state index in [1.807, 2.05) is 0 Å². The second-order valence-corrected chi connectivity index (χ2v) is 4.40. The Balaban J connectivity index is 2.28. The van der Waals surface area contributed by atoms with Gasteiger partial charge in [-0.15, -0.1) is 0 Å². The first-order valence-electron chi connectivity index (χ1n) is 5.93. The molecule has 94 valence electrons. The van der Waals surface area contributed by atoms with Crippen molar-refractivity contribution in [3.63, 3.8) is 0 Å². The van der Waals surface area contributed by atoms with E-state index in [9.17, 15) is 9.90 Å². The minimum atomic E-state index is -0.565. The predicted octanol–water partition coefficient (Wildman–Crippen LogP) is 0.611. The monoisotopic (exact) mass is 230 g/mol. The molecule has 1 rings (SSSR count). The summed E-state index contributed by atoms with van der Waals surface area (Å²) >= 11 is 0. The van der Waals surface area contributed by atoms with Crippen LogP contribution in [0.15, 0.2) is 0 Å². The van der Waals surface area contributed by atoms with Crippen LogP contribution in [0.5, 0.6) is 0 Å². The topological polar surface area (TPSA) is 84.6 Å². The van der Waals surface area contributed by atoms with Crippen molar-refractivity contribution in [2.24, 2.45) is 11.7 Å².